The minimum Gasteiger partial charge on any atom is -0.480 e. The highest BCUT2D eigenvalue weighted by Crippen LogP contribution is 2.03. The van der Waals surface area contributed by atoms with Gasteiger partial charge in [-0.15, -0.1) is 0 Å². The maximum absolute atomic E-state index is 10.4. The molecule has 0 heterocycles. The van der Waals surface area contributed by atoms with Gasteiger partial charge in [0, 0.05) is 0 Å². The molecule has 6 nitrogen and oxygen atoms in total. The molecule has 0 unspecified atom stereocenters. The van der Waals surface area contributed by atoms with Crippen LogP contribution in [-0.2, 0) is 4.79 Å². The van der Waals surface area contributed by atoms with Crippen LogP contribution in [0.25, 0.3) is 0 Å². The van der Waals surface area contributed by atoms with Gasteiger partial charge in [-0.2, -0.15) is 0 Å². The number of carbonyl (C=O) groups is 1. The quantitative estimate of drug-likeness (QED) is 0.326. The highest BCUT2D eigenvalue weighted by molar-refractivity contribution is 5.73. The lowest BCUT2D eigenvalue weighted by Crippen LogP contribution is -2.59. The molecule has 0 fully saturated rings. The van der Waals surface area contributed by atoms with Crippen molar-refractivity contribution >= 4 is 5.97 Å². The Balaban J connectivity index is 4.32. The van der Waals surface area contributed by atoms with E-state index in [4.69, 9.17) is 20.4 Å². The number of carboxylic acid groups (broad SMARTS) is 1. The summed E-state index contributed by atoms with van der Waals surface area (Å²) >= 11 is 0. The minimum absolute atomic E-state index is 0.530. The summed E-state index contributed by atoms with van der Waals surface area (Å²) in [6.45, 7) is -0.231. The van der Waals surface area contributed by atoms with E-state index in [2.05, 4.69) is 5.32 Å². The largest absolute Gasteiger partial charge is 0.480 e. The second-order valence-corrected chi connectivity index (χ2v) is 2.96. The third-order valence-corrected chi connectivity index (χ3v) is 1.80. The van der Waals surface area contributed by atoms with Gasteiger partial charge in [0.05, 0.1) is 25.4 Å². The molecule has 0 saturated carbocycles. The number of nitrogens with one attached hydrogen (secondary N) is 1. The smallest absolute Gasteiger partial charge is 0.320 e. The van der Waals surface area contributed by atoms with Crippen LogP contribution in [0.15, 0.2) is 0 Å². The van der Waals surface area contributed by atoms with E-state index in [1.165, 1.54) is 6.92 Å². The maximum Gasteiger partial charge on any atom is 0.320 e. The van der Waals surface area contributed by atoms with Crippen molar-refractivity contribution in [3.63, 3.8) is 0 Å². The van der Waals surface area contributed by atoms with Crippen LogP contribution >= 0.6 is 0 Å². The Morgan fingerprint density at radius 1 is 1.31 bits per heavy atom. The van der Waals surface area contributed by atoms with Crippen LogP contribution in [0.3, 0.4) is 0 Å². The first kappa shape index (κ1) is 12.3. The van der Waals surface area contributed by atoms with Crippen molar-refractivity contribution in [2.45, 2.75) is 18.5 Å². The molecule has 0 aliphatic heterocycles. The second-order valence-electron chi connectivity index (χ2n) is 2.96. The number of aliphatic carboxylic acids is 1. The number of hydrogen-bond acceptors (Lipinski definition) is 5. The van der Waals surface area contributed by atoms with E-state index in [1.807, 2.05) is 0 Å². The van der Waals surface area contributed by atoms with Crippen LogP contribution in [0.2, 0.25) is 0 Å². The molecule has 0 radical (unpaired) electrons. The van der Waals surface area contributed by atoms with Gasteiger partial charge in [-0.05, 0) is 6.92 Å². The topological polar surface area (TPSA) is 110 Å². The molecule has 0 bridgehead atoms. The molecule has 0 rings (SSSR count). The molecular formula is C7H15NO5. The Labute approximate surface area is 75.8 Å². The Morgan fingerprint density at radius 3 is 1.92 bits per heavy atom. The van der Waals surface area contributed by atoms with E-state index < -0.39 is 37.4 Å². The van der Waals surface area contributed by atoms with Gasteiger partial charge < -0.3 is 20.4 Å². The zero-order chi connectivity index (χ0) is 10.5. The van der Waals surface area contributed by atoms with Crippen molar-refractivity contribution < 1.29 is 25.2 Å². The summed E-state index contributed by atoms with van der Waals surface area (Å²) in [6.07, 6.45) is 0. The summed E-state index contributed by atoms with van der Waals surface area (Å²) < 4.78 is 0. The Hall–Kier alpha value is -0.690. The van der Waals surface area contributed by atoms with Crippen molar-refractivity contribution in [3.05, 3.63) is 0 Å². The first-order valence-electron chi connectivity index (χ1n) is 3.84. The minimum atomic E-state index is -1.34. The van der Waals surface area contributed by atoms with E-state index in [1.54, 1.807) is 0 Å². The van der Waals surface area contributed by atoms with Gasteiger partial charge in [0.15, 0.2) is 0 Å². The fraction of sp³-hybridized carbons (Fsp3) is 0.857. The van der Waals surface area contributed by atoms with Gasteiger partial charge in [-0.1, -0.05) is 0 Å². The molecule has 6 heteroatoms. The Kier molecular flexibility index (Phi) is 4.86. The summed E-state index contributed by atoms with van der Waals surface area (Å²) in [5, 5.41) is 37.4. The van der Waals surface area contributed by atoms with Crippen molar-refractivity contribution in [3.8, 4) is 0 Å². The zero-order valence-corrected chi connectivity index (χ0v) is 7.40. The molecule has 5 N–H and O–H groups in total. The van der Waals surface area contributed by atoms with Crippen LogP contribution in [-0.4, -0.2) is 57.8 Å². The van der Waals surface area contributed by atoms with Gasteiger partial charge in [0.1, 0.15) is 6.04 Å². The van der Waals surface area contributed by atoms with Crippen LogP contribution in [0, 0.1) is 0 Å². The molecule has 0 aromatic rings. The fourth-order valence-electron chi connectivity index (χ4n) is 0.808. The molecule has 0 saturated heterocycles. The van der Waals surface area contributed by atoms with E-state index in [-0.39, 0.29) is 0 Å². The molecule has 13 heavy (non-hydrogen) atoms. The van der Waals surface area contributed by atoms with Gasteiger partial charge in [0.25, 0.3) is 0 Å². The zero-order valence-electron chi connectivity index (χ0n) is 7.40. The van der Waals surface area contributed by atoms with Gasteiger partial charge in [-0.25, -0.2) is 0 Å². The molecule has 0 aliphatic rings. The lowest BCUT2D eigenvalue weighted by molar-refractivity contribution is -0.140. The summed E-state index contributed by atoms with van der Waals surface area (Å²) in [5.74, 6) is -1.11. The molecule has 1 atom stereocenters. The molecular weight excluding hydrogens is 178 g/mol. The van der Waals surface area contributed by atoms with E-state index in [0.29, 0.717) is 0 Å². The fourth-order valence-corrected chi connectivity index (χ4v) is 0.808. The highest BCUT2D eigenvalue weighted by Gasteiger charge is 2.31. The number of aliphatic hydroxyl groups is 3. The van der Waals surface area contributed by atoms with Crippen LogP contribution in [0.1, 0.15) is 6.92 Å². The maximum atomic E-state index is 10.4. The van der Waals surface area contributed by atoms with Crippen molar-refractivity contribution in [2.24, 2.45) is 0 Å². The summed E-state index contributed by atoms with van der Waals surface area (Å²) in [6, 6.07) is -0.938. The Bertz CT molecular complexity index is 160. The van der Waals surface area contributed by atoms with Crippen LogP contribution in [0.4, 0.5) is 0 Å². The lowest BCUT2D eigenvalue weighted by atomic mass is 10.0. The van der Waals surface area contributed by atoms with E-state index in [0.717, 1.165) is 0 Å². The average Bonchev–Trinajstić information content (AvgIpc) is 2.14. The third kappa shape index (κ3) is 3.27. The molecule has 0 aromatic carbocycles. The molecule has 0 aromatic heterocycles. The van der Waals surface area contributed by atoms with Gasteiger partial charge in [-0.3, -0.25) is 10.1 Å². The average molecular weight is 193 g/mol. The second kappa shape index (κ2) is 5.13. The van der Waals surface area contributed by atoms with Crippen LogP contribution < -0.4 is 5.32 Å². The molecule has 0 aliphatic carbocycles. The number of aliphatic hydroxyl groups excluding tert-OH is 3. The number of carboxylic acids is 1. The lowest BCUT2D eigenvalue weighted by Gasteiger charge is -2.30. The van der Waals surface area contributed by atoms with Gasteiger partial charge >= 0.3 is 5.97 Å². The van der Waals surface area contributed by atoms with Crippen molar-refractivity contribution in [2.75, 3.05) is 19.8 Å². The summed E-state index contributed by atoms with van der Waals surface area (Å²) in [4.78, 5) is 10.4. The summed E-state index contributed by atoms with van der Waals surface area (Å²) in [5.41, 5.74) is -1.34. The first-order chi connectivity index (χ1) is 6.01. The third-order valence-electron chi connectivity index (χ3n) is 1.80. The first-order valence-corrected chi connectivity index (χ1v) is 3.84. The van der Waals surface area contributed by atoms with E-state index >= 15 is 0 Å². The SMILES string of the molecule is C[C@@H](NC(CO)(CO)CO)C(=O)O. The summed E-state index contributed by atoms with van der Waals surface area (Å²) in [7, 11) is 0. The highest BCUT2D eigenvalue weighted by atomic mass is 16.4. The predicted octanol–water partition coefficient (Wildman–Crippen LogP) is -2.24. The number of hydrogen-bond donors (Lipinski definition) is 5. The van der Waals surface area contributed by atoms with Crippen molar-refractivity contribution in [1.29, 1.82) is 0 Å². The van der Waals surface area contributed by atoms with Crippen LogP contribution in [0.5, 0.6) is 0 Å². The predicted molar refractivity (Wildman–Crippen MR) is 44.2 cm³/mol. The van der Waals surface area contributed by atoms with Crippen molar-refractivity contribution in [1.82, 2.24) is 5.32 Å². The number of rotatable bonds is 6. The normalized spacial score (nSPS) is 14.2. The standard InChI is InChI=1S/C7H15NO5/c1-5(6(12)13)8-7(2-9,3-10)4-11/h5,8-11H,2-4H2,1H3,(H,12,13)/t5-/m1/s1. The van der Waals surface area contributed by atoms with Gasteiger partial charge in [0.2, 0.25) is 0 Å². The van der Waals surface area contributed by atoms with E-state index in [9.17, 15) is 4.79 Å². The molecule has 0 amide bonds. The molecule has 0 spiro atoms. The Morgan fingerprint density at radius 2 is 1.69 bits per heavy atom. The monoisotopic (exact) mass is 193 g/mol. The molecule has 78 valence electrons.